The third-order valence-electron chi connectivity index (χ3n) is 25.7. The van der Waals surface area contributed by atoms with Crippen LogP contribution >= 0.6 is 81.3 Å². The second kappa shape index (κ2) is 30.8. The summed E-state index contributed by atoms with van der Waals surface area (Å²) in [4.78, 5) is 0. The predicted molar refractivity (Wildman–Crippen MR) is 524 cm³/mol. The molecule has 10 nitrogen and oxygen atoms in total. The van der Waals surface area contributed by atoms with Crippen molar-refractivity contribution in [2.45, 2.75) is 13.8 Å². The maximum atomic E-state index is 15.1. The molecule has 20 aromatic rings. The normalized spacial score (nSPS) is 13.5. The van der Waals surface area contributed by atoms with E-state index in [2.05, 4.69) is 200 Å². The average molecular weight is 2160 g/mol. The van der Waals surface area contributed by atoms with E-state index in [9.17, 15) is 17.2 Å². The minimum atomic E-state index is -6.20. The molecule has 28 rings (SSSR count). The monoisotopic (exact) mass is 2160 g/mol. The number of hydrogen-bond donors (Lipinski definition) is 0. The fourth-order valence-electron chi connectivity index (χ4n) is 21.2. The molecular weight excluding hydrogens is 2100 g/mol. The van der Waals surface area contributed by atoms with E-state index in [1.165, 1.54) is 123 Å². The van der Waals surface area contributed by atoms with Crippen LogP contribution in [0, 0.1) is 21.0 Å². The van der Waals surface area contributed by atoms with Crippen LogP contribution in [0.4, 0.5) is 22.9 Å². The molecule has 0 spiro atoms. The van der Waals surface area contributed by atoms with Gasteiger partial charge in [-0.1, -0.05) is 115 Å². The van der Waals surface area contributed by atoms with Gasteiger partial charge in [0.2, 0.25) is 0 Å². The summed E-state index contributed by atoms with van der Waals surface area (Å²) in [5, 5.41) is 7.68. The van der Waals surface area contributed by atoms with Gasteiger partial charge in [0, 0.05) is 44.0 Å². The Morgan fingerprint density at radius 3 is 1.13 bits per heavy atom. The number of para-hydroxylation sites is 9. The van der Waals surface area contributed by atoms with Crippen LogP contribution in [-0.4, -0.2) is 45.1 Å². The molecule has 16 aromatic carbocycles. The summed E-state index contributed by atoms with van der Waals surface area (Å²) in [6.07, 6.45) is 0. The molecule has 0 atom stereocenters. The average Bonchev–Trinajstić information content (AvgIpc) is 1.58. The van der Waals surface area contributed by atoms with Crippen molar-refractivity contribution in [1.82, 2.24) is 18.3 Å². The van der Waals surface area contributed by atoms with Crippen molar-refractivity contribution >= 4 is 261 Å². The van der Waals surface area contributed by atoms with Gasteiger partial charge >= 0.3 is 415 Å². The molecule has 8 aliphatic heterocycles. The first-order chi connectivity index (χ1) is 60.5. The molecule has 0 amide bonds. The fourth-order valence-corrected chi connectivity index (χ4v) is 32.8. The molecule has 0 aliphatic carbocycles. The van der Waals surface area contributed by atoms with Crippen LogP contribution in [0.15, 0.2) is 318 Å². The maximum absolute atomic E-state index is 15.1. The van der Waals surface area contributed by atoms with Gasteiger partial charge in [0.05, 0.1) is 11.0 Å². The van der Waals surface area contributed by atoms with Gasteiger partial charge in [-0.3, -0.25) is 0 Å². The summed E-state index contributed by atoms with van der Waals surface area (Å²) >= 11 is -22.1. The molecule has 0 unspecified atom stereocenters. The second-order valence-corrected chi connectivity index (χ2v) is 46.7. The van der Waals surface area contributed by atoms with Crippen molar-refractivity contribution < 1.29 is 60.6 Å². The number of nitrogens with zero attached hydrogens (tertiary/aromatic N) is 6. The van der Waals surface area contributed by atoms with Crippen molar-refractivity contribution in [3.05, 3.63) is 334 Å². The smallest absolute Gasteiger partial charge is 1.00 e. The number of rotatable bonds is 4. The molecule has 0 saturated carbocycles. The molecule has 0 N–H and O–H groups in total. The summed E-state index contributed by atoms with van der Waals surface area (Å²) in [5.41, 5.74) is 29.1. The van der Waals surface area contributed by atoms with Crippen molar-refractivity contribution in [1.29, 1.82) is 0 Å². The standard InChI is InChI=1S/2C25H16BNO.2C24H13BF4I2N2O.4FH/c1-15-13-14-22-23-24(15)27-20-11-4-2-7-16(20)17-8-6-10-19(25(17)27)26(23)18-9-3-5-12-21(18)28-22;1-15-12-13-16-17-6-4-8-19-25(17)27(21(16)14-15)20-9-5-11-23-24(20)26(19)18-7-2-3-10-22(18)28-23;26-30(27)32-31(28,29)17-9-4-10-18-22(17)14-6-3-8-16-24(14)33(18)19-11-5-13-21-23(19)25(16)15-7-1-2-12-20(15)34-21;26-30(27)32-31(28,29)14-11-12-19-16(13-14)15-5-3-7-18-24(15)33(19)20-8-4-10-22-23(20)25(18)17-6-1-2-9-21(17)34-22;;;;/h2*2-14H,1H3;2*1-13H;4*1H/p-4. The van der Waals surface area contributed by atoms with Gasteiger partial charge in [0.15, 0.2) is 0 Å². The Hall–Kier alpha value is -12.1. The molecule has 0 saturated heterocycles. The van der Waals surface area contributed by atoms with Gasteiger partial charge in [-0.15, -0.1) is 0 Å². The van der Waals surface area contributed by atoms with Crippen molar-refractivity contribution in [3.63, 3.8) is 0 Å². The summed E-state index contributed by atoms with van der Waals surface area (Å²) in [6, 6.07) is 105. The Morgan fingerprint density at radius 1 is 0.281 bits per heavy atom. The van der Waals surface area contributed by atoms with Crippen molar-refractivity contribution in [3.8, 4) is 68.7 Å². The topological polar surface area (TPSA) is 81.4 Å². The number of halogens is 16. The number of hydrogen-bond acceptors (Lipinski definition) is 6. The van der Waals surface area contributed by atoms with Crippen molar-refractivity contribution in [2.75, 3.05) is 0 Å². The number of benzene rings is 16. The number of aromatic nitrogens is 4. The third-order valence-corrected chi connectivity index (χ3v) is 41.5. The summed E-state index contributed by atoms with van der Waals surface area (Å²) in [6.45, 7) is 4.60. The molecule has 0 bridgehead atoms. The van der Waals surface area contributed by atoms with Gasteiger partial charge in [0.25, 0.3) is 13.4 Å². The van der Waals surface area contributed by atoms with Gasteiger partial charge in [-0.05, 0) is 100 Å². The maximum Gasteiger partial charge on any atom is -1.00 e. The van der Waals surface area contributed by atoms with E-state index < -0.39 is 81.3 Å². The molecule has 12 heterocycles. The van der Waals surface area contributed by atoms with Gasteiger partial charge in [-0.25, -0.2) is 0 Å². The van der Waals surface area contributed by atoms with Crippen LogP contribution in [0.1, 0.15) is 11.1 Å². The molecule has 128 heavy (non-hydrogen) atoms. The fraction of sp³-hybridized carbons (Fsp3) is 0.0204. The van der Waals surface area contributed by atoms with E-state index in [-0.39, 0.29) is 52.8 Å². The number of ether oxygens (including phenoxy) is 4. The van der Waals surface area contributed by atoms with Crippen LogP contribution in [0.3, 0.4) is 0 Å². The zero-order chi connectivity index (χ0) is 83.2. The zero-order valence-corrected chi connectivity index (χ0v) is 75.3. The summed E-state index contributed by atoms with van der Waals surface area (Å²) < 4.78 is 150. The SMILES string of the molecule is Cc1ccc2c3c1-n1c4ccccc4c4cccc(c41)B3c1ccccc1O2.Cc1ccc2c3cccc4c3n(c2c1)-c1cccc2c1B4c1ccccc1O2.FI(F)N=I(F)(F)c1ccc2c(c1)c1cccc3c1n2-c1cccc2c1B3c1ccccc1O2.FI(F)N=I(F)(F)c1cccc2c1c1cccc3c1n2-c1cccc2c1B3c1ccccc1O2.[F-].[F-].[F-].[F-]. The van der Waals surface area contributed by atoms with Crippen molar-refractivity contribution in [2.24, 2.45) is 2.72 Å². The molecule has 4 aromatic heterocycles. The number of fused-ring (bicyclic) bond motifs is 28. The predicted octanol–water partition coefficient (Wildman–Crippen LogP) is 10.2. The largest absolute Gasteiger partial charge is 1.00 e. The first-order valence-electron chi connectivity index (χ1n) is 40.2. The van der Waals surface area contributed by atoms with Crippen LogP contribution in [0.5, 0.6) is 46.0 Å². The number of aryl methyl sites for hydroxylation is 2. The van der Waals surface area contributed by atoms with E-state index in [0.29, 0.717) is 21.7 Å². The first-order valence-corrected chi connectivity index (χ1v) is 52.7. The van der Waals surface area contributed by atoms with E-state index >= 15 is 5.72 Å². The zero-order valence-electron chi connectivity index (χ0n) is 66.7. The molecule has 8 aliphatic rings. The summed E-state index contributed by atoms with van der Waals surface area (Å²) in [7, 11) is 0. The van der Waals surface area contributed by atoms with E-state index in [1.54, 1.807) is 18.2 Å². The molecule has 30 heteroatoms. The van der Waals surface area contributed by atoms with Crippen LogP contribution < -0.4 is 103 Å². The summed E-state index contributed by atoms with van der Waals surface area (Å²) in [5.74, 6) is 6.94. The van der Waals surface area contributed by atoms with Gasteiger partial charge < -0.3 is 37.4 Å². The van der Waals surface area contributed by atoms with E-state index in [0.717, 1.165) is 112 Å². The Morgan fingerprint density at radius 2 is 0.633 bits per heavy atom. The molecule has 0 radical (unpaired) electrons. The van der Waals surface area contributed by atoms with Gasteiger partial charge in [0.1, 0.15) is 23.0 Å². The second-order valence-electron chi connectivity index (χ2n) is 32.0. The Balaban J connectivity index is 0.000000103. The van der Waals surface area contributed by atoms with Crippen LogP contribution in [0.25, 0.3) is 110 Å². The first kappa shape index (κ1) is 82.8. The third kappa shape index (κ3) is 12.0. The quantitative estimate of drug-likeness (QED) is 0.0999. The Kier molecular flexibility index (Phi) is 19.9. The molecule has 632 valence electrons. The van der Waals surface area contributed by atoms with Crippen LogP contribution in [0.2, 0.25) is 0 Å². The minimum Gasteiger partial charge on any atom is -1.00 e. The Labute approximate surface area is 751 Å². The van der Waals surface area contributed by atoms with E-state index in [4.69, 9.17) is 18.9 Å². The molecule has 0 fully saturated rings. The minimum absolute atomic E-state index is 0. The Bertz CT molecular complexity index is 8330. The molecular formula is C98H58B4F12I4N6O4-4. The van der Waals surface area contributed by atoms with Crippen LogP contribution in [-0.2, 0) is 0 Å². The van der Waals surface area contributed by atoms with Gasteiger partial charge in [-0.2, -0.15) is 0 Å². The van der Waals surface area contributed by atoms with E-state index in [1.807, 2.05) is 108 Å².